The van der Waals surface area contributed by atoms with E-state index in [9.17, 15) is 4.79 Å². The maximum atomic E-state index is 13.8. The molecule has 0 bridgehead atoms. The van der Waals surface area contributed by atoms with E-state index in [0.29, 0.717) is 5.56 Å². The first kappa shape index (κ1) is 20.1. The van der Waals surface area contributed by atoms with Gasteiger partial charge in [0.15, 0.2) is 0 Å². The minimum atomic E-state index is -0.319. The molecule has 1 aromatic heterocycles. The van der Waals surface area contributed by atoms with Crippen molar-refractivity contribution in [2.24, 2.45) is 0 Å². The van der Waals surface area contributed by atoms with E-state index >= 15 is 0 Å². The van der Waals surface area contributed by atoms with E-state index in [1.807, 2.05) is 65.6 Å². The summed E-state index contributed by atoms with van der Waals surface area (Å²) in [5.74, 6) is 0.725. The molecule has 2 heterocycles. The third-order valence-corrected chi connectivity index (χ3v) is 6.15. The van der Waals surface area contributed by atoms with E-state index in [4.69, 9.17) is 0 Å². The first-order valence-corrected chi connectivity index (χ1v) is 11.1. The Bertz CT molecular complexity index is 1250. The highest BCUT2D eigenvalue weighted by molar-refractivity contribution is 6.12. The van der Waals surface area contributed by atoms with Gasteiger partial charge >= 0.3 is 0 Å². The summed E-state index contributed by atoms with van der Waals surface area (Å²) in [5, 5.41) is 4.61. The molecule has 2 N–H and O–H groups in total. The normalized spacial score (nSPS) is 15.4. The molecule has 0 spiro atoms. The Labute approximate surface area is 188 Å². The van der Waals surface area contributed by atoms with Gasteiger partial charge in [0, 0.05) is 35.4 Å². The zero-order chi connectivity index (χ0) is 22.1. The highest BCUT2D eigenvalue weighted by Gasteiger charge is 2.39. The largest absolute Gasteiger partial charge is 0.372 e. The second-order valence-corrected chi connectivity index (χ2v) is 7.97. The predicted molar refractivity (Wildman–Crippen MR) is 130 cm³/mol. The molecule has 1 aliphatic heterocycles. The number of carbonyl (C=O) groups is 1. The van der Waals surface area contributed by atoms with E-state index in [1.165, 1.54) is 5.69 Å². The van der Waals surface area contributed by atoms with Crippen LogP contribution < -0.4 is 20.1 Å². The van der Waals surface area contributed by atoms with Crippen molar-refractivity contribution >= 4 is 34.0 Å². The Morgan fingerprint density at radius 1 is 0.906 bits per heavy atom. The number of aromatic amines is 1. The maximum Gasteiger partial charge on any atom is 0.287 e. The van der Waals surface area contributed by atoms with Crippen LogP contribution in [0, 0.1) is 0 Å². The van der Waals surface area contributed by atoms with Crippen molar-refractivity contribution in [3.8, 4) is 0 Å². The second kappa shape index (κ2) is 8.35. The lowest BCUT2D eigenvalue weighted by atomic mass is 10.0. The molecular weight excluding hydrogens is 396 g/mol. The van der Waals surface area contributed by atoms with Gasteiger partial charge in [-0.05, 0) is 50.2 Å². The van der Waals surface area contributed by atoms with Crippen LogP contribution in [0.2, 0.25) is 0 Å². The Morgan fingerprint density at radius 3 is 2.31 bits per heavy atom. The van der Waals surface area contributed by atoms with E-state index in [0.717, 1.165) is 41.1 Å². The molecule has 1 atom stereocenters. The van der Waals surface area contributed by atoms with Gasteiger partial charge in [0.05, 0.1) is 0 Å². The van der Waals surface area contributed by atoms with Gasteiger partial charge in [-0.1, -0.05) is 48.5 Å². The zero-order valence-corrected chi connectivity index (χ0v) is 18.4. The molecule has 5 heteroatoms. The van der Waals surface area contributed by atoms with Crippen molar-refractivity contribution in [3.05, 3.63) is 96.1 Å². The number of rotatable bonds is 5. The molecular formula is C27H27N4O+. The molecule has 32 heavy (non-hydrogen) atoms. The molecule has 5 rings (SSSR count). The van der Waals surface area contributed by atoms with Crippen LogP contribution >= 0.6 is 0 Å². The van der Waals surface area contributed by atoms with Crippen molar-refractivity contribution < 1.29 is 9.78 Å². The van der Waals surface area contributed by atoms with Crippen molar-refractivity contribution in [2.45, 2.75) is 20.0 Å². The fraction of sp³-hybridized carbons (Fsp3) is 0.185. The molecule has 3 aromatic carbocycles. The van der Waals surface area contributed by atoms with Gasteiger partial charge in [-0.15, -0.1) is 0 Å². The Balaban J connectivity index is 1.61. The Morgan fingerprint density at radius 2 is 1.59 bits per heavy atom. The van der Waals surface area contributed by atoms with Crippen molar-refractivity contribution in [3.63, 3.8) is 0 Å². The van der Waals surface area contributed by atoms with Crippen LogP contribution in [0.5, 0.6) is 0 Å². The minimum Gasteiger partial charge on any atom is -0.372 e. The molecule has 0 fully saturated rings. The lowest BCUT2D eigenvalue weighted by Gasteiger charge is -2.34. The SMILES string of the molecule is CCN(CC)c1ccc([C@@H]2Nc3[nH+]c4ccccc4cc3C(=O)N2c2ccccc2)cc1. The fourth-order valence-corrected chi connectivity index (χ4v) is 4.44. The monoisotopic (exact) mass is 423 g/mol. The highest BCUT2D eigenvalue weighted by Crippen LogP contribution is 2.36. The molecule has 0 unspecified atom stereocenters. The Hall–Kier alpha value is -3.86. The van der Waals surface area contributed by atoms with Crippen molar-refractivity contribution in [1.82, 2.24) is 0 Å². The summed E-state index contributed by atoms with van der Waals surface area (Å²) in [7, 11) is 0. The number of nitrogens with zero attached hydrogens (tertiary/aromatic N) is 2. The van der Waals surface area contributed by atoms with Gasteiger partial charge in [-0.2, -0.15) is 0 Å². The highest BCUT2D eigenvalue weighted by atomic mass is 16.2. The number of para-hydroxylation sites is 2. The molecule has 1 amide bonds. The number of fused-ring (bicyclic) bond motifs is 2. The third kappa shape index (κ3) is 3.46. The van der Waals surface area contributed by atoms with Gasteiger partial charge in [0.25, 0.3) is 11.7 Å². The molecule has 1 aliphatic rings. The Kier molecular flexibility index (Phi) is 5.23. The maximum absolute atomic E-state index is 13.8. The number of pyridine rings is 1. The van der Waals surface area contributed by atoms with Gasteiger partial charge < -0.3 is 4.90 Å². The third-order valence-electron chi connectivity index (χ3n) is 6.15. The predicted octanol–water partition coefficient (Wildman–Crippen LogP) is 5.27. The van der Waals surface area contributed by atoms with Gasteiger partial charge in [-0.25, -0.2) is 10.3 Å². The summed E-state index contributed by atoms with van der Waals surface area (Å²) in [6, 6.07) is 28.3. The molecule has 0 saturated carbocycles. The van der Waals surface area contributed by atoms with Gasteiger partial charge in [0.2, 0.25) is 6.17 Å². The van der Waals surface area contributed by atoms with Crippen LogP contribution in [0.15, 0.2) is 84.9 Å². The molecule has 160 valence electrons. The number of hydrogen-bond donors (Lipinski definition) is 1. The van der Waals surface area contributed by atoms with Gasteiger partial charge in [-0.3, -0.25) is 9.69 Å². The number of aromatic nitrogens is 1. The van der Waals surface area contributed by atoms with E-state index in [1.54, 1.807) is 0 Å². The van der Waals surface area contributed by atoms with Crippen LogP contribution in [0.4, 0.5) is 17.2 Å². The van der Waals surface area contributed by atoms with Crippen LogP contribution in [-0.2, 0) is 0 Å². The first-order chi connectivity index (χ1) is 15.7. The quantitative estimate of drug-likeness (QED) is 0.476. The summed E-state index contributed by atoms with van der Waals surface area (Å²) in [6.07, 6.45) is -0.319. The lowest BCUT2D eigenvalue weighted by Crippen LogP contribution is -2.45. The summed E-state index contributed by atoms with van der Waals surface area (Å²) in [4.78, 5) is 21.4. The molecule has 5 nitrogen and oxygen atoms in total. The van der Waals surface area contributed by atoms with Crippen LogP contribution in [0.1, 0.15) is 35.9 Å². The summed E-state index contributed by atoms with van der Waals surface area (Å²) in [5.41, 5.74) is 4.72. The summed E-state index contributed by atoms with van der Waals surface area (Å²) >= 11 is 0. The number of nitrogens with one attached hydrogen (secondary N) is 2. The topological polar surface area (TPSA) is 49.7 Å². The first-order valence-electron chi connectivity index (χ1n) is 11.1. The van der Waals surface area contributed by atoms with Crippen LogP contribution in [0.3, 0.4) is 0 Å². The molecule has 4 aromatic rings. The van der Waals surface area contributed by atoms with E-state index in [-0.39, 0.29) is 12.1 Å². The summed E-state index contributed by atoms with van der Waals surface area (Å²) < 4.78 is 0. The van der Waals surface area contributed by atoms with Crippen LogP contribution in [-0.4, -0.2) is 19.0 Å². The second-order valence-electron chi connectivity index (χ2n) is 7.97. The number of H-pyrrole nitrogens is 1. The number of carbonyl (C=O) groups excluding carboxylic acids is 1. The number of amides is 1. The van der Waals surface area contributed by atoms with Crippen molar-refractivity contribution in [1.29, 1.82) is 0 Å². The van der Waals surface area contributed by atoms with Gasteiger partial charge in [0.1, 0.15) is 11.1 Å². The average Bonchev–Trinajstić information content (AvgIpc) is 2.85. The lowest BCUT2D eigenvalue weighted by molar-refractivity contribution is -0.328. The zero-order valence-electron chi connectivity index (χ0n) is 18.4. The minimum absolute atomic E-state index is 0.0234. The number of benzene rings is 3. The van der Waals surface area contributed by atoms with E-state index in [2.05, 4.69) is 53.3 Å². The molecule has 0 saturated heterocycles. The fourth-order valence-electron chi connectivity index (χ4n) is 4.44. The van der Waals surface area contributed by atoms with Crippen molar-refractivity contribution in [2.75, 3.05) is 28.2 Å². The number of anilines is 3. The standard InChI is InChI=1S/C27H26N4O/c1-3-30(4-2)21-16-14-19(15-17-21)26-29-25-23(18-20-10-8-9-13-24(20)28-25)27(32)31(26)22-11-6-5-7-12-22/h5-18,26H,3-4H2,1-2H3,(H,28,29)/p+1/t26-/m1/s1. The molecule has 0 radical (unpaired) electrons. The smallest absolute Gasteiger partial charge is 0.287 e. The van der Waals surface area contributed by atoms with Crippen LogP contribution in [0.25, 0.3) is 10.9 Å². The average molecular weight is 424 g/mol. The number of hydrogen-bond acceptors (Lipinski definition) is 3. The molecule has 0 aliphatic carbocycles. The summed E-state index contributed by atoms with van der Waals surface area (Å²) in [6.45, 7) is 6.24. The van der Waals surface area contributed by atoms with E-state index < -0.39 is 0 Å².